The van der Waals surface area contributed by atoms with E-state index in [2.05, 4.69) is 4.74 Å². The minimum Gasteiger partial charge on any atom is -0.467 e. The Kier molecular flexibility index (Phi) is 2.87. The van der Waals surface area contributed by atoms with E-state index < -0.39 is 18.1 Å². The summed E-state index contributed by atoms with van der Waals surface area (Å²) >= 11 is 0. The molecule has 5 nitrogen and oxygen atoms in total. The number of ether oxygens (including phenoxy) is 1. The van der Waals surface area contributed by atoms with Gasteiger partial charge in [-0.2, -0.15) is 0 Å². The molecule has 0 aromatic rings. The molecule has 1 amide bonds. The van der Waals surface area contributed by atoms with Gasteiger partial charge < -0.3 is 15.4 Å². The second-order valence-corrected chi connectivity index (χ2v) is 3.13. The number of hydrogen-bond donors (Lipinski definition) is 1. The molecule has 5 heteroatoms. The van der Waals surface area contributed by atoms with Crippen molar-refractivity contribution in [1.29, 1.82) is 0 Å². The third kappa shape index (κ3) is 1.80. The highest BCUT2D eigenvalue weighted by molar-refractivity contribution is 5.88. The lowest BCUT2D eigenvalue weighted by Crippen LogP contribution is -2.43. The van der Waals surface area contributed by atoms with Crippen molar-refractivity contribution in [2.24, 2.45) is 5.73 Å². The zero-order chi connectivity index (χ0) is 10.0. The maximum absolute atomic E-state index is 11.4. The predicted molar refractivity (Wildman–Crippen MR) is 45.8 cm³/mol. The summed E-state index contributed by atoms with van der Waals surface area (Å²) in [7, 11) is 1.30. The summed E-state index contributed by atoms with van der Waals surface area (Å²) in [6, 6.07) is -0.974. The second kappa shape index (κ2) is 3.74. The third-order valence-corrected chi connectivity index (χ3v) is 2.29. The predicted octanol–water partition coefficient (Wildman–Crippen LogP) is -0.892. The first-order chi connectivity index (χ1) is 6.07. The monoisotopic (exact) mass is 186 g/mol. The highest BCUT2D eigenvalue weighted by Gasteiger charge is 2.34. The SMILES string of the molecule is COC(=O)C(C)N1CCC(N)C1=O. The Hall–Kier alpha value is -1.10. The van der Waals surface area contributed by atoms with Crippen molar-refractivity contribution in [3.8, 4) is 0 Å². The number of amides is 1. The number of carbonyl (C=O) groups excluding carboxylic acids is 2. The summed E-state index contributed by atoms with van der Waals surface area (Å²) in [5.74, 6) is -0.569. The number of nitrogens with two attached hydrogens (primary N) is 1. The van der Waals surface area contributed by atoms with Gasteiger partial charge in [-0.15, -0.1) is 0 Å². The molecule has 0 aromatic heterocycles. The lowest BCUT2D eigenvalue weighted by Gasteiger charge is -2.21. The Morgan fingerprint density at radius 2 is 2.38 bits per heavy atom. The van der Waals surface area contributed by atoms with Gasteiger partial charge in [-0.05, 0) is 13.3 Å². The van der Waals surface area contributed by atoms with E-state index in [9.17, 15) is 9.59 Å². The smallest absolute Gasteiger partial charge is 0.328 e. The zero-order valence-corrected chi connectivity index (χ0v) is 7.82. The summed E-state index contributed by atoms with van der Waals surface area (Å²) in [4.78, 5) is 23.9. The van der Waals surface area contributed by atoms with Crippen molar-refractivity contribution in [2.75, 3.05) is 13.7 Å². The molecule has 0 aliphatic carbocycles. The number of carbonyl (C=O) groups is 2. The lowest BCUT2D eigenvalue weighted by molar-refractivity contribution is -0.150. The van der Waals surface area contributed by atoms with Gasteiger partial charge in [-0.1, -0.05) is 0 Å². The van der Waals surface area contributed by atoms with Crippen molar-refractivity contribution in [3.05, 3.63) is 0 Å². The van der Waals surface area contributed by atoms with E-state index in [0.29, 0.717) is 13.0 Å². The van der Waals surface area contributed by atoms with E-state index in [1.165, 1.54) is 12.0 Å². The van der Waals surface area contributed by atoms with Crippen LogP contribution in [0, 0.1) is 0 Å². The maximum Gasteiger partial charge on any atom is 0.328 e. The molecule has 1 aliphatic heterocycles. The molecule has 1 saturated heterocycles. The molecule has 2 unspecified atom stereocenters. The van der Waals surface area contributed by atoms with Gasteiger partial charge in [0.15, 0.2) is 0 Å². The molecule has 0 saturated carbocycles. The van der Waals surface area contributed by atoms with E-state index in [1.807, 2.05) is 0 Å². The molecule has 1 aliphatic rings. The summed E-state index contributed by atoms with van der Waals surface area (Å²) in [5, 5.41) is 0. The van der Waals surface area contributed by atoms with Gasteiger partial charge in [0.2, 0.25) is 5.91 Å². The summed E-state index contributed by atoms with van der Waals surface area (Å²) in [6.07, 6.45) is 0.611. The molecule has 0 radical (unpaired) electrons. The van der Waals surface area contributed by atoms with Gasteiger partial charge in [0.05, 0.1) is 13.2 Å². The van der Waals surface area contributed by atoms with Crippen LogP contribution in [-0.4, -0.2) is 42.5 Å². The first-order valence-electron chi connectivity index (χ1n) is 4.21. The van der Waals surface area contributed by atoms with Crippen molar-refractivity contribution >= 4 is 11.9 Å². The minimum atomic E-state index is -0.522. The Bertz CT molecular complexity index is 229. The molecule has 1 fully saturated rings. The van der Waals surface area contributed by atoms with Crippen LogP contribution in [-0.2, 0) is 14.3 Å². The molecular weight excluding hydrogens is 172 g/mol. The van der Waals surface area contributed by atoms with Gasteiger partial charge in [0.1, 0.15) is 6.04 Å². The van der Waals surface area contributed by atoms with Crippen LogP contribution in [0.15, 0.2) is 0 Å². The Balaban J connectivity index is 2.63. The van der Waals surface area contributed by atoms with Crippen LogP contribution in [0.25, 0.3) is 0 Å². The van der Waals surface area contributed by atoms with E-state index in [0.717, 1.165) is 0 Å². The second-order valence-electron chi connectivity index (χ2n) is 3.13. The molecule has 0 bridgehead atoms. The van der Waals surface area contributed by atoms with E-state index >= 15 is 0 Å². The molecule has 2 atom stereocenters. The minimum absolute atomic E-state index is 0.169. The fourth-order valence-electron chi connectivity index (χ4n) is 1.41. The lowest BCUT2D eigenvalue weighted by atomic mass is 10.3. The van der Waals surface area contributed by atoms with Crippen molar-refractivity contribution in [3.63, 3.8) is 0 Å². The van der Waals surface area contributed by atoms with Gasteiger partial charge in [0.25, 0.3) is 0 Å². The Morgan fingerprint density at radius 1 is 1.77 bits per heavy atom. The fraction of sp³-hybridized carbons (Fsp3) is 0.750. The number of methoxy groups -OCH3 is 1. The van der Waals surface area contributed by atoms with Gasteiger partial charge in [0, 0.05) is 6.54 Å². The Morgan fingerprint density at radius 3 is 2.77 bits per heavy atom. The number of nitrogens with zero attached hydrogens (tertiary/aromatic N) is 1. The third-order valence-electron chi connectivity index (χ3n) is 2.29. The molecule has 0 spiro atoms. The van der Waals surface area contributed by atoms with E-state index in [-0.39, 0.29) is 5.91 Å². The molecule has 0 aromatic carbocycles. The van der Waals surface area contributed by atoms with Crippen LogP contribution in [0.5, 0.6) is 0 Å². The summed E-state index contributed by atoms with van der Waals surface area (Å²) in [5.41, 5.74) is 5.50. The Labute approximate surface area is 76.8 Å². The normalized spacial score (nSPS) is 24.7. The van der Waals surface area contributed by atoms with Crippen molar-refractivity contribution in [2.45, 2.75) is 25.4 Å². The van der Waals surface area contributed by atoms with E-state index in [4.69, 9.17) is 5.73 Å². The number of hydrogen-bond acceptors (Lipinski definition) is 4. The van der Waals surface area contributed by atoms with Crippen LogP contribution < -0.4 is 5.73 Å². The van der Waals surface area contributed by atoms with E-state index in [1.54, 1.807) is 6.92 Å². The maximum atomic E-state index is 11.4. The molecule has 1 rings (SSSR count). The standard InChI is InChI=1S/C8H14N2O3/c1-5(8(12)13-2)10-4-3-6(9)7(10)11/h5-6H,3-4,9H2,1-2H3. The quantitative estimate of drug-likeness (QED) is 0.568. The largest absolute Gasteiger partial charge is 0.467 e. The summed E-state index contributed by atoms with van der Waals surface area (Å²) in [6.45, 7) is 2.18. The molecular formula is C8H14N2O3. The van der Waals surface area contributed by atoms with Crippen LogP contribution in [0.1, 0.15) is 13.3 Å². The van der Waals surface area contributed by atoms with Crippen LogP contribution >= 0.6 is 0 Å². The highest BCUT2D eigenvalue weighted by atomic mass is 16.5. The first-order valence-corrected chi connectivity index (χ1v) is 4.21. The first kappa shape index (κ1) is 9.98. The molecule has 2 N–H and O–H groups in total. The topological polar surface area (TPSA) is 72.6 Å². The van der Waals surface area contributed by atoms with Crippen LogP contribution in [0.4, 0.5) is 0 Å². The molecule has 74 valence electrons. The van der Waals surface area contributed by atoms with Gasteiger partial charge in [-0.3, -0.25) is 4.79 Å². The average molecular weight is 186 g/mol. The fourth-order valence-corrected chi connectivity index (χ4v) is 1.41. The molecule has 13 heavy (non-hydrogen) atoms. The number of esters is 1. The van der Waals surface area contributed by atoms with Gasteiger partial charge in [-0.25, -0.2) is 4.79 Å². The zero-order valence-electron chi connectivity index (χ0n) is 7.82. The highest BCUT2D eigenvalue weighted by Crippen LogP contribution is 2.13. The summed E-state index contributed by atoms with van der Waals surface area (Å²) < 4.78 is 4.53. The average Bonchev–Trinajstić information content (AvgIpc) is 2.45. The number of likely N-dealkylation sites (tertiary alicyclic amines) is 1. The van der Waals surface area contributed by atoms with Crippen LogP contribution in [0.3, 0.4) is 0 Å². The van der Waals surface area contributed by atoms with Crippen molar-refractivity contribution < 1.29 is 14.3 Å². The van der Waals surface area contributed by atoms with Crippen LogP contribution in [0.2, 0.25) is 0 Å². The molecule has 1 heterocycles. The number of rotatable bonds is 2. The van der Waals surface area contributed by atoms with Crippen molar-refractivity contribution in [1.82, 2.24) is 4.90 Å². The van der Waals surface area contributed by atoms with Gasteiger partial charge >= 0.3 is 5.97 Å².